The molecule has 1 aromatic heterocycles. The summed E-state index contributed by atoms with van der Waals surface area (Å²) in [5, 5.41) is 3.08. The fraction of sp³-hybridized carbons (Fsp3) is 0.350. The predicted molar refractivity (Wildman–Crippen MR) is 101 cm³/mol. The fourth-order valence-corrected chi connectivity index (χ4v) is 3.08. The highest BCUT2D eigenvalue weighted by molar-refractivity contribution is 5.95. The van der Waals surface area contributed by atoms with E-state index in [1.165, 1.54) is 0 Å². The zero-order chi connectivity index (χ0) is 18.5. The first kappa shape index (κ1) is 17.9. The monoisotopic (exact) mass is 352 g/mol. The van der Waals surface area contributed by atoms with Crippen molar-refractivity contribution >= 4 is 17.5 Å². The van der Waals surface area contributed by atoms with E-state index in [4.69, 9.17) is 0 Å². The minimum absolute atomic E-state index is 0.00199. The molecule has 0 atom stereocenters. The molecule has 2 amide bonds. The van der Waals surface area contributed by atoms with Gasteiger partial charge in [-0.15, -0.1) is 0 Å². The van der Waals surface area contributed by atoms with Gasteiger partial charge in [0.1, 0.15) is 0 Å². The highest BCUT2D eigenvalue weighted by atomic mass is 16.2. The highest BCUT2D eigenvalue weighted by Gasteiger charge is 2.24. The molecule has 6 heteroatoms. The van der Waals surface area contributed by atoms with Crippen molar-refractivity contribution in [2.75, 3.05) is 32.1 Å². The van der Waals surface area contributed by atoms with Crippen molar-refractivity contribution in [3.63, 3.8) is 0 Å². The van der Waals surface area contributed by atoms with E-state index in [0.29, 0.717) is 24.2 Å². The summed E-state index contributed by atoms with van der Waals surface area (Å²) in [5.74, 6) is -0.0607. The Morgan fingerprint density at radius 3 is 2.35 bits per heavy atom. The minimum atomic E-state index is -0.0626. The maximum Gasteiger partial charge on any atom is 0.255 e. The molecule has 6 nitrogen and oxygen atoms in total. The number of rotatable bonds is 4. The van der Waals surface area contributed by atoms with Crippen molar-refractivity contribution in [2.24, 2.45) is 0 Å². The third kappa shape index (κ3) is 4.20. The number of amides is 2. The summed E-state index contributed by atoms with van der Waals surface area (Å²) in [6.45, 7) is 1.27. The van der Waals surface area contributed by atoms with E-state index in [1.807, 2.05) is 48.2 Å². The summed E-state index contributed by atoms with van der Waals surface area (Å²) in [6.07, 6.45) is 4.76. The maximum atomic E-state index is 12.4. The van der Waals surface area contributed by atoms with Gasteiger partial charge in [-0.25, -0.2) is 0 Å². The average molecular weight is 352 g/mol. The van der Waals surface area contributed by atoms with Crippen LogP contribution in [0.15, 0.2) is 48.8 Å². The Morgan fingerprint density at radius 2 is 1.77 bits per heavy atom. The normalized spacial score (nSPS) is 14.8. The van der Waals surface area contributed by atoms with Crippen molar-refractivity contribution in [3.05, 3.63) is 59.9 Å². The van der Waals surface area contributed by atoms with Gasteiger partial charge in [-0.2, -0.15) is 0 Å². The van der Waals surface area contributed by atoms with Crippen LogP contribution in [0.2, 0.25) is 0 Å². The fourth-order valence-electron chi connectivity index (χ4n) is 3.08. The molecule has 1 aromatic carbocycles. The van der Waals surface area contributed by atoms with E-state index in [0.717, 1.165) is 18.5 Å². The number of likely N-dealkylation sites (tertiary alicyclic amines) is 1. The molecular weight excluding hydrogens is 328 g/mol. The molecule has 0 radical (unpaired) electrons. The second kappa shape index (κ2) is 7.99. The molecule has 136 valence electrons. The first-order valence-corrected chi connectivity index (χ1v) is 8.82. The minimum Gasteiger partial charge on any atom is -0.378 e. The molecule has 2 aromatic rings. The summed E-state index contributed by atoms with van der Waals surface area (Å²) in [5.41, 5.74) is 2.32. The molecule has 2 heterocycles. The van der Waals surface area contributed by atoms with E-state index in [-0.39, 0.29) is 17.9 Å². The Hall–Kier alpha value is -2.89. The molecule has 0 aliphatic carbocycles. The molecular formula is C20H24N4O2. The van der Waals surface area contributed by atoms with Gasteiger partial charge >= 0.3 is 0 Å². The van der Waals surface area contributed by atoms with Crippen molar-refractivity contribution < 1.29 is 9.59 Å². The largest absolute Gasteiger partial charge is 0.378 e. The number of hydrogen-bond acceptors (Lipinski definition) is 4. The molecule has 0 saturated carbocycles. The van der Waals surface area contributed by atoms with Gasteiger partial charge in [0.15, 0.2) is 0 Å². The summed E-state index contributed by atoms with van der Waals surface area (Å²) < 4.78 is 0. The van der Waals surface area contributed by atoms with Crippen LogP contribution in [0.25, 0.3) is 0 Å². The zero-order valence-electron chi connectivity index (χ0n) is 15.2. The van der Waals surface area contributed by atoms with E-state index < -0.39 is 0 Å². The molecule has 3 rings (SSSR count). The lowest BCUT2D eigenvalue weighted by atomic mass is 10.0. The number of piperidine rings is 1. The van der Waals surface area contributed by atoms with Gasteiger partial charge in [-0.3, -0.25) is 14.6 Å². The van der Waals surface area contributed by atoms with Crippen LogP contribution in [0, 0.1) is 0 Å². The van der Waals surface area contributed by atoms with Crippen LogP contribution in [-0.2, 0) is 0 Å². The number of benzene rings is 1. The van der Waals surface area contributed by atoms with Crippen LogP contribution in [0.3, 0.4) is 0 Å². The Kier molecular flexibility index (Phi) is 5.51. The van der Waals surface area contributed by atoms with Gasteiger partial charge in [0.05, 0.1) is 5.56 Å². The molecule has 1 N–H and O–H groups in total. The van der Waals surface area contributed by atoms with Crippen molar-refractivity contribution in [2.45, 2.75) is 18.9 Å². The van der Waals surface area contributed by atoms with Gasteiger partial charge < -0.3 is 15.1 Å². The molecule has 0 spiro atoms. The van der Waals surface area contributed by atoms with Gasteiger partial charge in [-0.05, 0) is 49.2 Å². The van der Waals surface area contributed by atoms with Gasteiger partial charge in [-0.1, -0.05) is 0 Å². The highest BCUT2D eigenvalue weighted by Crippen LogP contribution is 2.16. The molecule has 1 aliphatic heterocycles. The maximum absolute atomic E-state index is 12.4. The first-order chi connectivity index (χ1) is 12.5. The smallest absolute Gasteiger partial charge is 0.255 e. The summed E-state index contributed by atoms with van der Waals surface area (Å²) in [4.78, 5) is 32.7. The lowest BCUT2D eigenvalue weighted by Gasteiger charge is -2.32. The second-order valence-electron chi connectivity index (χ2n) is 6.72. The number of carbonyl (C=O) groups excluding carboxylic acids is 2. The Labute approximate surface area is 153 Å². The lowest BCUT2D eigenvalue weighted by molar-refractivity contribution is 0.0697. The van der Waals surface area contributed by atoms with Crippen LogP contribution in [0.4, 0.5) is 5.69 Å². The Balaban J connectivity index is 1.52. The Bertz CT molecular complexity index is 751. The number of nitrogens with one attached hydrogen (secondary N) is 1. The quantitative estimate of drug-likeness (QED) is 0.916. The zero-order valence-corrected chi connectivity index (χ0v) is 15.2. The van der Waals surface area contributed by atoms with Crippen molar-refractivity contribution in [1.29, 1.82) is 0 Å². The second-order valence-corrected chi connectivity index (χ2v) is 6.72. The van der Waals surface area contributed by atoms with Crippen LogP contribution in [-0.4, -0.2) is 54.9 Å². The van der Waals surface area contributed by atoms with Crippen LogP contribution in [0.1, 0.15) is 33.6 Å². The summed E-state index contributed by atoms with van der Waals surface area (Å²) in [7, 11) is 3.94. The third-order valence-electron chi connectivity index (χ3n) is 4.67. The van der Waals surface area contributed by atoms with E-state index in [9.17, 15) is 9.59 Å². The SMILES string of the molecule is CN(C)c1ccc(C(=O)NC2CCN(C(=O)c3cccnc3)CC2)cc1. The van der Waals surface area contributed by atoms with E-state index in [2.05, 4.69) is 10.3 Å². The van der Waals surface area contributed by atoms with E-state index in [1.54, 1.807) is 24.5 Å². The van der Waals surface area contributed by atoms with Crippen molar-refractivity contribution in [3.8, 4) is 0 Å². The molecule has 1 fully saturated rings. The number of anilines is 1. The molecule has 0 bridgehead atoms. The van der Waals surface area contributed by atoms with Gasteiger partial charge in [0.2, 0.25) is 0 Å². The number of carbonyl (C=O) groups is 2. The first-order valence-electron chi connectivity index (χ1n) is 8.82. The molecule has 26 heavy (non-hydrogen) atoms. The van der Waals surface area contributed by atoms with Gasteiger partial charge in [0, 0.05) is 56.9 Å². The predicted octanol–water partition coefficient (Wildman–Crippen LogP) is 2.18. The number of nitrogens with zero attached hydrogens (tertiary/aromatic N) is 3. The van der Waals surface area contributed by atoms with E-state index >= 15 is 0 Å². The van der Waals surface area contributed by atoms with Crippen LogP contribution >= 0.6 is 0 Å². The standard InChI is InChI=1S/C20H24N4O2/c1-23(2)18-7-5-15(6-8-18)19(25)22-17-9-12-24(13-10-17)20(26)16-4-3-11-21-14-16/h3-8,11,14,17H,9-10,12-13H2,1-2H3,(H,22,25). The van der Waals surface area contributed by atoms with Crippen molar-refractivity contribution in [1.82, 2.24) is 15.2 Å². The Morgan fingerprint density at radius 1 is 1.08 bits per heavy atom. The van der Waals surface area contributed by atoms with Crippen LogP contribution < -0.4 is 10.2 Å². The number of pyridine rings is 1. The molecule has 1 saturated heterocycles. The third-order valence-corrected chi connectivity index (χ3v) is 4.67. The molecule has 1 aliphatic rings. The van der Waals surface area contributed by atoms with Gasteiger partial charge in [0.25, 0.3) is 11.8 Å². The topological polar surface area (TPSA) is 65.5 Å². The molecule has 0 unspecified atom stereocenters. The van der Waals surface area contributed by atoms with Crippen LogP contribution in [0.5, 0.6) is 0 Å². The summed E-state index contributed by atoms with van der Waals surface area (Å²) in [6, 6.07) is 11.2. The summed E-state index contributed by atoms with van der Waals surface area (Å²) >= 11 is 0. The average Bonchev–Trinajstić information content (AvgIpc) is 2.68. The number of aromatic nitrogens is 1. The number of hydrogen-bond donors (Lipinski definition) is 1. The lowest BCUT2D eigenvalue weighted by Crippen LogP contribution is -2.46.